The molecule has 0 spiro atoms. The van der Waals surface area contributed by atoms with Gasteiger partial charge in [0.1, 0.15) is 0 Å². The Kier molecular flexibility index (Phi) is 7.72. The van der Waals surface area contributed by atoms with E-state index in [-0.39, 0.29) is 0 Å². The molecule has 1 saturated heterocycles. The molecule has 4 rings (SSSR count). The monoisotopic (exact) mass is 461 g/mol. The standard InChI is InChI=1S/C21H21N3S.C2HF3O2/c22-14-16-2-1-3-17(12-16)15-24(19-6-9-23-10-7-19)20-4-5-21-18(13-20)8-11-25-21;3-2(4,5)1(6)7/h1-5,8,11-13,19,23H,6-7,9-10,15H2;(H,6,7). The van der Waals surface area contributed by atoms with E-state index in [9.17, 15) is 18.4 Å². The topological polar surface area (TPSA) is 76.4 Å². The Morgan fingerprint density at radius 1 is 1.19 bits per heavy atom. The van der Waals surface area contributed by atoms with Crippen LogP contribution in [0.4, 0.5) is 18.9 Å². The van der Waals surface area contributed by atoms with Gasteiger partial charge >= 0.3 is 12.1 Å². The Morgan fingerprint density at radius 2 is 1.91 bits per heavy atom. The van der Waals surface area contributed by atoms with Crippen molar-refractivity contribution in [2.24, 2.45) is 0 Å². The molecule has 0 bridgehead atoms. The number of nitrogens with zero attached hydrogens (tertiary/aromatic N) is 2. The molecule has 0 unspecified atom stereocenters. The largest absolute Gasteiger partial charge is 0.490 e. The van der Waals surface area contributed by atoms with Gasteiger partial charge < -0.3 is 15.3 Å². The fourth-order valence-corrected chi connectivity index (χ4v) is 4.39. The van der Waals surface area contributed by atoms with Crippen LogP contribution in [0.5, 0.6) is 0 Å². The first-order chi connectivity index (χ1) is 15.3. The summed E-state index contributed by atoms with van der Waals surface area (Å²) in [7, 11) is 0. The van der Waals surface area contributed by atoms with Gasteiger partial charge in [-0.2, -0.15) is 18.4 Å². The van der Waals surface area contributed by atoms with E-state index >= 15 is 0 Å². The summed E-state index contributed by atoms with van der Waals surface area (Å²) in [4.78, 5) is 11.4. The van der Waals surface area contributed by atoms with Crippen LogP contribution in [0.15, 0.2) is 53.9 Å². The summed E-state index contributed by atoms with van der Waals surface area (Å²) in [5.74, 6) is -2.76. The van der Waals surface area contributed by atoms with Crippen LogP contribution in [0.25, 0.3) is 10.1 Å². The molecule has 1 aliphatic heterocycles. The van der Waals surface area contributed by atoms with E-state index in [4.69, 9.17) is 9.90 Å². The maximum atomic E-state index is 10.6. The molecule has 2 aromatic carbocycles. The zero-order valence-corrected chi connectivity index (χ0v) is 17.9. The third-order valence-electron chi connectivity index (χ3n) is 5.17. The highest BCUT2D eigenvalue weighted by Gasteiger charge is 2.38. The lowest BCUT2D eigenvalue weighted by molar-refractivity contribution is -0.192. The van der Waals surface area contributed by atoms with Crippen LogP contribution < -0.4 is 10.2 Å². The molecule has 3 aromatic rings. The Balaban J connectivity index is 0.000000360. The fourth-order valence-electron chi connectivity index (χ4n) is 3.62. The Bertz CT molecular complexity index is 1100. The minimum absolute atomic E-state index is 0.531. The van der Waals surface area contributed by atoms with Crippen molar-refractivity contribution < 1.29 is 23.1 Å². The van der Waals surface area contributed by atoms with Gasteiger partial charge in [-0.05, 0) is 78.7 Å². The number of hydrogen-bond donors (Lipinski definition) is 2. The van der Waals surface area contributed by atoms with Crippen LogP contribution in [-0.4, -0.2) is 36.4 Å². The van der Waals surface area contributed by atoms with Gasteiger partial charge in [0.25, 0.3) is 0 Å². The second-order valence-corrected chi connectivity index (χ2v) is 8.31. The van der Waals surface area contributed by atoms with E-state index in [2.05, 4.69) is 52.0 Å². The molecule has 0 radical (unpaired) electrons. The van der Waals surface area contributed by atoms with Crippen molar-refractivity contribution in [2.45, 2.75) is 31.6 Å². The van der Waals surface area contributed by atoms with E-state index < -0.39 is 12.1 Å². The number of benzene rings is 2. The second kappa shape index (κ2) is 10.5. The van der Waals surface area contributed by atoms with Gasteiger partial charge in [-0.1, -0.05) is 12.1 Å². The van der Waals surface area contributed by atoms with Crippen molar-refractivity contribution in [2.75, 3.05) is 18.0 Å². The smallest absolute Gasteiger partial charge is 0.475 e. The summed E-state index contributed by atoms with van der Waals surface area (Å²) in [5, 5.41) is 23.2. The molecule has 1 fully saturated rings. The van der Waals surface area contributed by atoms with Crippen molar-refractivity contribution in [1.82, 2.24) is 5.32 Å². The molecule has 168 valence electrons. The minimum Gasteiger partial charge on any atom is -0.475 e. The van der Waals surface area contributed by atoms with Crippen LogP contribution in [-0.2, 0) is 11.3 Å². The highest BCUT2D eigenvalue weighted by molar-refractivity contribution is 7.17. The van der Waals surface area contributed by atoms with Crippen LogP contribution in [0.2, 0.25) is 0 Å². The lowest BCUT2D eigenvalue weighted by Crippen LogP contribution is -2.43. The maximum Gasteiger partial charge on any atom is 0.490 e. The van der Waals surface area contributed by atoms with Gasteiger partial charge in [0.15, 0.2) is 0 Å². The highest BCUT2D eigenvalue weighted by Crippen LogP contribution is 2.30. The third kappa shape index (κ3) is 6.22. The summed E-state index contributed by atoms with van der Waals surface area (Å²) in [5.41, 5.74) is 3.21. The first kappa shape index (κ1) is 23.6. The number of fused-ring (bicyclic) bond motifs is 1. The zero-order valence-electron chi connectivity index (χ0n) is 17.1. The molecule has 0 aliphatic carbocycles. The molecule has 1 aliphatic rings. The number of nitriles is 1. The number of carbonyl (C=O) groups is 1. The number of aliphatic carboxylic acids is 1. The molecule has 2 N–H and O–H groups in total. The lowest BCUT2D eigenvalue weighted by atomic mass is 10.0. The molecule has 0 atom stereocenters. The minimum atomic E-state index is -5.08. The van der Waals surface area contributed by atoms with Crippen molar-refractivity contribution in [1.29, 1.82) is 5.26 Å². The molecular weight excluding hydrogens is 439 g/mol. The molecule has 0 amide bonds. The highest BCUT2D eigenvalue weighted by atomic mass is 32.1. The summed E-state index contributed by atoms with van der Waals surface area (Å²) >= 11 is 1.79. The van der Waals surface area contributed by atoms with E-state index in [1.807, 2.05) is 18.2 Å². The SMILES string of the molecule is N#Cc1cccc(CN(c2ccc3sccc3c2)C2CCNCC2)c1.O=C(O)C(F)(F)F. The van der Waals surface area contributed by atoms with E-state index in [0.717, 1.165) is 38.0 Å². The van der Waals surface area contributed by atoms with Crippen molar-refractivity contribution in [3.8, 4) is 6.07 Å². The zero-order chi connectivity index (χ0) is 23.1. The van der Waals surface area contributed by atoms with Crippen LogP contribution in [0.3, 0.4) is 0 Å². The average Bonchev–Trinajstić information content (AvgIpc) is 3.26. The number of anilines is 1. The van der Waals surface area contributed by atoms with E-state index in [1.165, 1.54) is 21.3 Å². The summed E-state index contributed by atoms with van der Waals surface area (Å²) in [6.45, 7) is 2.98. The predicted octanol–water partition coefficient (Wildman–Crippen LogP) is 5.16. The number of halogens is 3. The van der Waals surface area contributed by atoms with E-state index in [1.54, 1.807) is 11.3 Å². The van der Waals surface area contributed by atoms with Gasteiger partial charge in [-0.25, -0.2) is 4.79 Å². The molecule has 32 heavy (non-hydrogen) atoms. The lowest BCUT2D eigenvalue weighted by Gasteiger charge is -2.36. The van der Waals surface area contributed by atoms with Crippen molar-refractivity contribution in [3.63, 3.8) is 0 Å². The first-order valence-electron chi connectivity index (χ1n) is 10.0. The normalized spacial score (nSPS) is 14.3. The summed E-state index contributed by atoms with van der Waals surface area (Å²) < 4.78 is 33.1. The molecule has 9 heteroatoms. The molecule has 5 nitrogen and oxygen atoms in total. The van der Waals surface area contributed by atoms with Gasteiger partial charge in [-0.15, -0.1) is 11.3 Å². The summed E-state index contributed by atoms with van der Waals surface area (Å²) in [6, 6.07) is 19.8. The Labute approximate surface area is 187 Å². The van der Waals surface area contributed by atoms with Crippen molar-refractivity contribution in [3.05, 3.63) is 65.0 Å². The first-order valence-corrected chi connectivity index (χ1v) is 10.9. The average molecular weight is 462 g/mol. The number of rotatable bonds is 4. The van der Waals surface area contributed by atoms with Gasteiger partial charge in [0, 0.05) is 23.0 Å². The number of hydrogen-bond acceptors (Lipinski definition) is 5. The number of thiophene rings is 1. The predicted molar refractivity (Wildman–Crippen MR) is 119 cm³/mol. The maximum absolute atomic E-state index is 10.6. The van der Waals surface area contributed by atoms with Gasteiger partial charge in [0.05, 0.1) is 11.6 Å². The fraction of sp³-hybridized carbons (Fsp3) is 0.304. The van der Waals surface area contributed by atoms with Crippen LogP contribution in [0.1, 0.15) is 24.0 Å². The Hall–Kier alpha value is -3.09. The quantitative estimate of drug-likeness (QED) is 0.561. The second-order valence-electron chi connectivity index (χ2n) is 7.37. The number of carboxylic acids is 1. The van der Waals surface area contributed by atoms with Crippen LogP contribution >= 0.6 is 11.3 Å². The Morgan fingerprint density at radius 3 is 2.56 bits per heavy atom. The van der Waals surface area contributed by atoms with Crippen molar-refractivity contribution >= 4 is 33.1 Å². The van der Waals surface area contributed by atoms with Gasteiger partial charge in [0.2, 0.25) is 0 Å². The third-order valence-corrected chi connectivity index (χ3v) is 6.07. The molecular formula is C23H22F3N3O2S. The molecule has 0 saturated carbocycles. The van der Waals surface area contributed by atoms with Gasteiger partial charge in [-0.3, -0.25) is 0 Å². The number of alkyl halides is 3. The number of nitrogens with one attached hydrogen (secondary N) is 1. The molecule has 2 heterocycles. The van der Waals surface area contributed by atoms with Crippen LogP contribution in [0, 0.1) is 11.3 Å². The number of piperidine rings is 1. The number of carboxylic acid groups (broad SMARTS) is 1. The van der Waals surface area contributed by atoms with E-state index in [0.29, 0.717) is 6.04 Å². The molecule has 1 aromatic heterocycles. The summed E-state index contributed by atoms with van der Waals surface area (Å²) in [6.07, 6.45) is -2.78.